The molecule has 1 saturated heterocycles. The number of carbonyl (C=O) groups excluding carboxylic acids is 1. The summed E-state index contributed by atoms with van der Waals surface area (Å²) in [5.74, 6) is 0.758. The number of rotatable bonds is 6. The van der Waals surface area contributed by atoms with Gasteiger partial charge in [0, 0.05) is 31.2 Å². The van der Waals surface area contributed by atoms with Crippen LogP contribution in [0.5, 0.6) is 5.75 Å². The van der Waals surface area contributed by atoms with E-state index in [1.54, 1.807) is 0 Å². The van der Waals surface area contributed by atoms with Crippen LogP contribution in [0.15, 0.2) is 6.07 Å². The third kappa shape index (κ3) is 4.00. The lowest BCUT2D eigenvalue weighted by atomic mass is 10.00. The van der Waals surface area contributed by atoms with E-state index < -0.39 is 0 Å². The van der Waals surface area contributed by atoms with E-state index in [-0.39, 0.29) is 5.78 Å². The molecule has 22 heavy (non-hydrogen) atoms. The molecule has 1 aromatic carbocycles. The molecule has 5 heteroatoms. The fourth-order valence-corrected chi connectivity index (χ4v) is 2.90. The third-order valence-electron chi connectivity index (χ3n) is 3.96. The van der Waals surface area contributed by atoms with E-state index in [4.69, 9.17) is 16.3 Å². The van der Waals surface area contributed by atoms with E-state index >= 15 is 0 Å². The molecule has 2 rings (SSSR count). The summed E-state index contributed by atoms with van der Waals surface area (Å²) in [5.41, 5.74) is 2.42. The van der Waals surface area contributed by atoms with Crippen LogP contribution in [0.25, 0.3) is 0 Å². The summed E-state index contributed by atoms with van der Waals surface area (Å²) in [5, 5.41) is 3.96. The summed E-state index contributed by atoms with van der Waals surface area (Å²) in [6.07, 6.45) is 0.909. The van der Waals surface area contributed by atoms with Crippen LogP contribution in [0, 0.1) is 13.8 Å². The first-order chi connectivity index (χ1) is 10.5. The molecule has 1 aromatic rings. The maximum atomic E-state index is 12.8. The van der Waals surface area contributed by atoms with Crippen molar-refractivity contribution >= 4 is 17.4 Å². The average Bonchev–Trinajstić information content (AvgIpc) is 2.51. The Balaban J connectivity index is 2.26. The first-order valence-corrected chi connectivity index (χ1v) is 8.31. The van der Waals surface area contributed by atoms with Gasteiger partial charge >= 0.3 is 0 Å². The lowest BCUT2D eigenvalue weighted by Crippen LogP contribution is -2.45. The van der Waals surface area contributed by atoms with Gasteiger partial charge in [-0.3, -0.25) is 9.69 Å². The van der Waals surface area contributed by atoms with Crippen molar-refractivity contribution in [1.29, 1.82) is 0 Å². The van der Waals surface area contributed by atoms with Crippen molar-refractivity contribution in [2.45, 2.75) is 27.2 Å². The molecule has 122 valence electrons. The van der Waals surface area contributed by atoms with E-state index in [1.165, 1.54) is 0 Å². The molecule has 1 N–H and O–H groups in total. The van der Waals surface area contributed by atoms with Crippen molar-refractivity contribution in [2.24, 2.45) is 0 Å². The maximum Gasteiger partial charge on any atom is 0.180 e. The largest absolute Gasteiger partial charge is 0.493 e. The molecule has 0 spiro atoms. The second kappa shape index (κ2) is 7.95. The van der Waals surface area contributed by atoms with Gasteiger partial charge in [0.25, 0.3) is 0 Å². The Morgan fingerprint density at radius 2 is 2.05 bits per heavy atom. The third-order valence-corrected chi connectivity index (χ3v) is 4.54. The summed E-state index contributed by atoms with van der Waals surface area (Å²) >= 11 is 6.34. The van der Waals surface area contributed by atoms with Gasteiger partial charge in [-0.25, -0.2) is 0 Å². The number of aryl methyl sites for hydroxylation is 1. The molecule has 0 unspecified atom stereocenters. The number of nitrogens with zero attached hydrogens (tertiary/aromatic N) is 1. The number of benzene rings is 1. The predicted octanol–water partition coefficient (Wildman–Crippen LogP) is 2.83. The van der Waals surface area contributed by atoms with Gasteiger partial charge in [0.2, 0.25) is 0 Å². The second-order valence-corrected chi connectivity index (χ2v) is 6.18. The Morgan fingerprint density at radius 3 is 2.68 bits per heavy atom. The molecule has 1 heterocycles. The van der Waals surface area contributed by atoms with E-state index in [0.717, 1.165) is 43.7 Å². The van der Waals surface area contributed by atoms with E-state index in [9.17, 15) is 4.79 Å². The van der Waals surface area contributed by atoms with Gasteiger partial charge in [0.1, 0.15) is 5.75 Å². The van der Waals surface area contributed by atoms with Crippen molar-refractivity contribution in [1.82, 2.24) is 10.2 Å². The minimum atomic E-state index is 0.0902. The van der Waals surface area contributed by atoms with E-state index in [2.05, 4.69) is 17.1 Å². The first-order valence-electron chi connectivity index (χ1n) is 7.93. The van der Waals surface area contributed by atoms with Gasteiger partial charge in [-0.05, 0) is 37.5 Å². The number of hydrogen-bond donors (Lipinski definition) is 1. The molecule has 1 aliphatic heterocycles. The fraction of sp³-hybridized carbons (Fsp3) is 0.588. The Kier molecular flexibility index (Phi) is 6.24. The van der Waals surface area contributed by atoms with E-state index in [1.807, 2.05) is 19.9 Å². The molecule has 0 radical (unpaired) electrons. The van der Waals surface area contributed by atoms with Crippen LogP contribution >= 0.6 is 11.6 Å². The zero-order valence-corrected chi connectivity index (χ0v) is 14.4. The zero-order valence-electron chi connectivity index (χ0n) is 13.7. The molecule has 0 bridgehead atoms. The summed E-state index contributed by atoms with van der Waals surface area (Å²) in [6.45, 7) is 10.6. The smallest absolute Gasteiger partial charge is 0.180 e. The van der Waals surface area contributed by atoms with Gasteiger partial charge in [-0.2, -0.15) is 0 Å². The number of Topliss-reactive ketones (excluding diaryl/α,β-unsaturated/α-hetero) is 1. The van der Waals surface area contributed by atoms with E-state index in [0.29, 0.717) is 29.5 Å². The van der Waals surface area contributed by atoms with Crippen LogP contribution in [0.1, 0.15) is 34.8 Å². The molecule has 0 amide bonds. The summed E-state index contributed by atoms with van der Waals surface area (Å²) in [7, 11) is 0. The number of piperazine rings is 1. The highest BCUT2D eigenvalue weighted by Gasteiger charge is 2.22. The highest BCUT2D eigenvalue weighted by Crippen LogP contribution is 2.32. The van der Waals surface area contributed by atoms with Crippen LogP contribution in [-0.2, 0) is 0 Å². The Labute approximate surface area is 137 Å². The SMILES string of the molecule is CCCOc1cc(C)c(Cl)c(C)c1C(=O)CN1CCNCC1. The number of hydrogen-bond acceptors (Lipinski definition) is 4. The average molecular weight is 325 g/mol. The molecule has 0 aliphatic carbocycles. The second-order valence-electron chi connectivity index (χ2n) is 5.80. The molecule has 1 aliphatic rings. The van der Waals surface area contributed by atoms with Crippen molar-refractivity contribution in [3.05, 3.63) is 27.8 Å². The summed E-state index contributed by atoms with van der Waals surface area (Å²) in [6, 6.07) is 1.88. The van der Waals surface area contributed by atoms with Gasteiger partial charge < -0.3 is 10.1 Å². The molecule has 0 aromatic heterocycles. The monoisotopic (exact) mass is 324 g/mol. The molecule has 0 atom stereocenters. The highest BCUT2D eigenvalue weighted by molar-refractivity contribution is 6.32. The van der Waals surface area contributed by atoms with Crippen LogP contribution in [0.3, 0.4) is 0 Å². The molecule has 0 saturated carbocycles. The number of ether oxygens (including phenoxy) is 1. The van der Waals surface area contributed by atoms with Crippen molar-refractivity contribution in [3.63, 3.8) is 0 Å². The Morgan fingerprint density at radius 1 is 1.36 bits per heavy atom. The zero-order chi connectivity index (χ0) is 16.1. The van der Waals surface area contributed by atoms with Crippen LogP contribution in [-0.4, -0.2) is 50.0 Å². The van der Waals surface area contributed by atoms with Crippen molar-refractivity contribution < 1.29 is 9.53 Å². The summed E-state index contributed by atoms with van der Waals surface area (Å²) in [4.78, 5) is 15.0. The van der Waals surface area contributed by atoms with Gasteiger partial charge in [0.15, 0.2) is 5.78 Å². The number of halogens is 1. The fourth-order valence-electron chi connectivity index (χ4n) is 2.75. The lowest BCUT2D eigenvalue weighted by molar-refractivity contribution is 0.0917. The number of carbonyl (C=O) groups is 1. The van der Waals surface area contributed by atoms with Crippen LogP contribution < -0.4 is 10.1 Å². The quantitative estimate of drug-likeness (QED) is 0.817. The number of ketones is 1. The van der Waals surface area contributed by atoms with Crippen LogP contribution in [0.2, 0.25) is 5.02 Å². The molecule has 1 fully saturated rings. The van der Waals surface area contributed by atoms with Crippen molar-refractivity contribution in [3.8, 4) is 5.75 Å². The summed E-state index contributed by atoms with van der Waals surface area (Å²) < 4.78 is 5.80. The Hall–Kier alpha value is -1.10. The van der Waals surface area contributed by atoms with Gasteiger partial charge in [0.05, 0.1) is 18.7 Å². The van der Waals surface area contributed by atoms with Gasteiger partial charge in [-0.15, -0.1) is 0 Å². The molecule has 4 nitrogen and oxygen atoms in total. The predicted molar refractivity (Wildman–Crippen MR) is 90.4 cm³/mol. The molecular formula is C17H25ClN2O2. The minimum absolute atomic E-state index is 0.0902. The molecular weight excluding hydrogens is 300 g/mol. The minimum Gasteiger partial charge on any atom is -0.493 e. The number of nitrogens with one attached hydrogen (secondary N) is 1. The van der Waals surface area contributed by atoms with Crippen LogP contribution in [0.4, 0.5) is 0 Å². The first kappa shape index (κ1) is 17.3. The Bertz CT molecular complexity index is 540. The normalized spacial score (nSPS) is 15.8. The maximum absolute atomic E-state index is 12.8. The van der Waals surface area contributed by atoms with Gasteiger partial charge in [-0.1, -0.05) is 18.5 Å². The lowest BCUT2D eigenvalue weighted by Gasteiger charge is -2.27. The topological polar surface area (TPSA) is 41.6 Å². The highest BCUT2D eigenvalue weighted by atomic mass is 35.5. The standard InChI is InChI=1S/C17H25ClN2O2/c1-4-9-22-15-10-12(2)17(18)13(3)16(15)14(21)11-20-7-5-19-6-8-20/h10,19H,4-9,11H2,1-3H3. The van der Waals surface area contributed by atoms with Crippen molar-refractivity contribution in [2.75, 3.05) is 39.3 Å².